The summed E-state index contributed by atoms with van der Waals surface area (Å²) in [4.78, 5) is 0. The van der Waals surface area contributed by atoms with E-state index in [9.17, 15) is 5.11 Å². The highest BCUT2D eigenvalue weighted by Crippen LogP contribution is 2.21. The van der Waals surface area contributed by atoms with Crippen molar-refractivity contribution in [1.82, 2.24) is 0 Å². The molecule has 0 amide bonds. The Morgan fingerprint density at radius 3 is 2.83 bits per heavy atom. The predicted octanol–water partition coefficient (Wildman–Crippen LogP) is 1.60. The number of nitrogens with zero attached hydrogens (tertiary/aromatic N) is 1. The second kappa shape index (κ2) is 3.75. The topological polar surface area (TPSA) is 58.6 Å². The first-order valence-corrected chi connectivity index (χ1v) is 4.45. The van der Waals surface area contributed by atoms with Gasteiger partial charge in [0.2, 0.25) is 0 Å². The Kier molecular flexibility index (Phi) is 2.91. The van der Waals surface area contributed by atoms with Crippen molar-refractivity contribution in [2.24, 2.45) is 10.9 Å². The Hall–Kier alpha value is -0.780. The smallest absolute Gasteiger partial charge is 0.124 e. The van der Waals surface area contributed by atoms with Crippen LogP contribution in [0.5, 0.6) is 5.75 Å². The summed E-state index contributed by atoms with van der Waals surface area (Å²) < 4.78 is 1.08. The predicted molar refractivity (Wildman–Crippen MR) is 57.3 cm³/mol. The van der Waals surface area contributed by atoms with E-state index in [0.29, 0.717) is 5.56 Å². The normalized spacial score (nSPS) is 10.8. The van der Waals surface area contributed by atoms with Crippen LogP contribution in [-0.2, 0) is 0 Å². The van der Waals surface area contributed by atoms with Crippen molar-refractivity contribution >= 4 is 28.8 Å². The molecule has 0 aliphatic carbocycles. The van der Waals surface area contributed by atoms with E-state index in [-0.39, 0.29) is 5.75 Å². The highest BCUT2D eigenvalue weighted by molar-refractivity contribution is 14.1. The second-order valence-electron chi connectivity index (χ2n) is 2.44. The van der Waals surface area contributed by atoms with Crippen molar-refractivity contribution in [2.75, 3.05) is 0 Å². The lowest BCUT2D eigenvalue weighted by atomic mass is 10.1. The Labute approximate surface area is 84.4 Å². The zero-order chi connectivity index (χ0) is 9.14. The summed E-state index contributed by atoms with van der Waals surface area (Å²) in [6, 6.07) is 3.53. The van der Waals surface area contributed by atoms with Crippen LogP contribution in [0.4, 0.5) is 0 Å². The number of hydrogen-bond donors (Lipinski definition) is 2. The van der Waals surface area contributed by atoms with Crippen LogP contribution in [0.2, 0.25) is 0 Å². The molecule has 0 aliphatic rings. The molecular formula is C8H9IN2O. The van der Waals surface area contributed by atoms with Crippen LogP contribution in [-0.4, -0.2) is 11.3 Å². The minimum absolute atomic E-state index is 0.210. The van der Waals surface area contributed by atoms with Crippen molar-refractivity contribution < 1.29 is 5.11 Å². The lowest BCUT2D eigenvalue weighted by Crippen LogP contribution is -1.90. The summed E-state index contributed by atoms with van der Waals surface area (Å²) in [7, 11) is 0. The molecule has 4 heteroatoms. The summed E-state index contributed by atoms with van der Waals surface area (Å²) in [5.74, 6) is 5.18. The molecule has 0 bridgehead atoms. The molecule has 0 aromatic heterocycles. The number of hydrazone groups is 1. The van der Waals surface area contributed by atoms with E-state index in [4.69, 9.17) is 5.84 Å². The van der Waals surface area contributed by atoms with Gasteiger partial charge >= 0.3 is 0 Å². The Morgan fingerprint density at radius 1 is 1.58 bits per heavy atom. The van der Waals surface area contributed by atoms with Crippen LogP contribution in [0.3, 0.4) is 0 Å². The van der Waals surface area contributed by atoms with E-state index in [1.54, 1.807) is 6.07 Å². The fraction of sp³-hybridized carbons (Fsp3) is 0.125. The number of nitrogens with two attached hydrogens (primary N) is 1. The molecule has 0 saturated heterocycles. The standard InChI is InChI=1S/C8H9IN2O/c1-5-2-8(12)6(4-11-10)3-7(5)9/h2-4,12H,10H2,1H3. The first-order valence-electron chi connectivity index (χ1n) is 3.37. The van der Waals surface area contributed by atoms with E-state index in [1.165, 1.54) is 6.21 Å². The number of halogens is 1. The quantitative estimate of drug-likeness (QED) is 0.354. The van der Waals surface area contributed by atoms with Crippen LogP contribution in [0.25, 0.3) is 0 Å². The van der Waals surface area contributed by atoms with Gasteiger partial charge in [-0.15, -0.1) is 0 Å². The summed E-state index contributed by atoms with van der Waals surface area (Å²) in [6.07, 6.45) is 1.43. The van der Waals surface area contributed by atoms with Gasteiger partial charge in [-0.25, -0.2) is 0 Å². The lowest BCUT2D eigenvalue weighted by molar-refractivity contribution is 0.474. The van der Waals surface area contributed by atoms with Gasteiger partial charge in [0.05, 0.1) is 6.21 Å². The van der Waals surface area contributed by atoms with Gasteiger partial charge in [-0.3, -0.25) is 0 Å². The second-order valence-corrected chi connectivity index (χ2v) is 3.60. The third-order valence-electron chi connectivity index (χ3n) is 1.52. The van der Waals surface area contributed by atoms with E-state index in [0.717, 1.165) is 9.13 Å². The summed E-state index contributed by atoms with van der Waals surface area (Å²) in [5.41, 5.74) is 1.69. The number of aryl methyl sites for hydroxylation is 1. The van der Waals surface area contributed by atoms with Crippen molar-refractivity contribution in [3.05, 3.63) is 26.8 Å². The Morgan fingerprint density at radius 2 is 2.25 bits per heavy atom. The Bertz CT molecular complexity index is 323. The van der Waals surface area contributed by atoms with Crippen LogP contribution >= 0.6 is 22.6 Å². The van der Waals surface area contributed by atoms with Crippen LogP contribution in [0.1, 0.15) is 11.1 Å². The van der Waals surface area contributed by atoms with Gasteiger partial charge in [-0.1, -0.05) is 0 Å². The fourth-order valence-corrected chi connectivity index (χ4v) is 1.36. The fourth-order valence-electron chi connectivity index (χ4n) is 0.865. The van der Waals surface area contributed by atoms with E-state index >= 15 is 0 Å². The number of phenols is 1. The maximum absolute atomic E-state index is 9.40. The highest BCUT2D eigenvalue weighted by atomic mass is 127. The van der Waals surface area contributed by atoms with Crippen molar-refractivity contribution in [3.8, 4) is 5.75 Å². The number of benzene rings is 1. The third kappa shape index (κ3) is 1.88. The molecule has 12 heavy (non-hydrogen) atoms. The van der Waals surface area contributed by atoms with Gasteiger partial charge in [-0.2, -0.15) is 5.10 Å². The summed E-state index contributed by atoms with van der Waals surface area (Å²) >= 11 is 2.19. The molecule has 0 spiro atoms. The lowest BCUT2D eigenvalue weighted by Gasteiger charge is -2.02. The van der Waals surface area contributed by atoms with Crippen LogP contribution < -0.4 is 5.84 Å². The van der Waals surface area contributed by atoms with Gasteiger partial charge in [0.25, 0.3) is 0 Å². The Balaban J connectivity index is 3.23. The molecule has 1 aromatic rings. The highest BCUT2D eigenvalue weighted by Gasteiger charge is 2.01. The molecule has 0 aliphatic heterocycles. The molecule has 0 atom stereocenters. The minimum Gasteiger partial charge on any atom is -0.507 e. The molecule has 1 rings (SSSR count). The zero-order valence-electron chi connectivity index (χ0n) is 6.58. The number of hydrogen-bond acceptors (Lipinski definition) is 3. The molecule has 0 heterocycles. The molecule has 0 unspecified atom stereocenters. The SMILES string of the molecule is Cc1cc(O)c(C=NN)cc1I. The number of aromatic hydroxyl groups is 1. The third-order valence-corrected chi connectivity index (χ3v) is 2.68. The number of rotatable bonds is 1. The average molecular weight is 276 g/mol. The molecule has 0 fully saturated rings. The van der Waals surface area contributed by atoms with Crippen molar-refractivity contribution in [2.45, 2.75) is 6.92 Å². The minimum atomic E-state index is 0.210. The molecule has 64 valence electrons. The summed E-state index contributed by atoms with van der Waals surface area (Å²) in [6.45, 7) is 1.94. The maximum atomic E-state index is 9.40. The van der Waals surface area contributed by atoms with Crippen molar-refractivity contribution in [1.29, 1.82) is 0 Å². The van der Waals surface area contributed by atoms with Gasteiger partial charge in [0.15, 0.2) is 0 Å². The van der Waals surface area contributed by atoms with Crippen LogP contribution in [0.15, 0.2) is 17.2 Å². The molecular weight excluding hydrogens is 267 g/mol. The zero-order valence-corrected chi connectivity index (χ0v) is 8.74. The molecule has 0 saturated carbocycles. The molecule has 1 aromatic carbocycles. The summed E-state index contributed by atoms with van der Waals surface area (Å²) in [5, 5.41) is 12.7. The average Bonchev–Trinajstić information content (AvgIpc) is 2.01. The van der Waals surface area contributed by atoms with Gasteiger partial charge in [-0.05, 0) is 47.2 Å². The van der Waals surface area contributed by atoms with E-state index in [2.05, 4.69) is 27.7 Å². The van der Waals surface area contributed by atoms with Crippen LogP contribution in [0, 0.1) is 10.5 Å². The molecule has 3 N–H and O–H groups in total. The van der Waals surface area contributed by atoms with Gasteiger partial charge in [0, 0.05) is 9.13 Å². The molecule has 3 nitrogen and oxygen atoms in total. The number of phenolic OH excluding ortho intramolecular Hbond substituents is 1. The van der Waals surface area contributed by atoms with E-state index in [1.807, 2.05) is 13.0 Å². The largest absolute Gasteiger partial charge is 0.507 e. The maximum Gasteiger partial charge on any atom is 0.124 e. The van der Waals surface area contributed by atoms with Crippen molar-refractivity contribution in [3.63, 3.8) is 0 Å². The van der Waals surface area contributed by atoms with Gasteiger partial charge < -0.3 is 10.9 Å². The monoisotopic (exact) mass is 276 g/mol. The van der Waals surface area contributed by atoms with E-state index < -0.39 is 0 Å². The first-order chi connectivity index (χ1) is 5.65. The van der Waals surface area contributed by atoms with Gasteiger partial charge in [0.1, 0.15) is 5.75 Å². The molecule has 0 radical (unpaired) electrons. The first kappa shape index (κ1) is 9.31.